The lowest BCUT2D eigenvalue weighted by molar-refractivity contribution is -0.385. The van der Waals surface area contributed by atoms with Gasteiger partial charge in [0.15, 0.2) is 5.69 Å². The van der Waals surface area contributed by atoms with Crippen LogP contribution in [0.3, 0.4) is 0 Å². The van der Waals surface area contributed by atoms with Crippen molar-refractivity contribution in [3.05, 3.63) is 15.8 Å². The lowest BCUT2D eigenvalue weighted by Crippen LogP contribution is -2.25. The van der Waals surface area contributed by atoms with Crippen LogP contribution >= 0.6 is 31.9 Å². The van der Waals surface area contributed by atoms with Gasteiger partial charge in [0.2, 0.25) is 5.82 Å². The van der Waals surface area contributed by atoms with Crippen molar-refractivity contribution in [2.24, 2.45) is 0 Å². The molecule has 0 N–H and O–H groups in total. The first-order valence-corrected chi connectivity index (χ1v) is 7.42. The molecule has 106 valence electrons. The zero-order chi connectivity index (χ0) is 14.6. The Labute approximate surface area is 127 Å². The van der Waals surface area contributed by atoms with Crippen LogP contribution in [0.25, 0.3) is 0 Å². The summed E-state index contributed by atoms with van der Waals surface area (Å²) in [5.41, 5.74) is 0.113. The Hall–Kier alpha value is -0.960. The summed E-state index contributed by atoms with van der Waals surface area (Å²) in [6.45, 7) is 5.01. The van der Waals surface area contributed by atoms with Crippen LogP contribution in [-0.2, 0) is 0 Å². The average Bonchev–Trinajstić information content (AvgIpc) is 2.38. The van der Waals surface area contributed by atoms with E-state index in [0.717, 1.165) is 0 Å². The first kappa shape index (κ1) is 16.1. The summed E-state index contributed by atoms with van der Waals surface area (Å²) < 4.78 is 4.55. The van der Waals surface area contributed by atoms with Gasteiger partial charge in [-0.05, 0) is 13.8 Å². The van der Waals surface area contributed by atoms with Crippen LogP contribution in [0.1, 0.15) is 23.3 Å². The second kappa shape index (κ2) is 6.99. The van der Waals surface area contributed by atoms with Gasteiger partial charge in [0.05, 0.1) is 12.0 Å². The number of methoxy groups -OCH3 is 1. The van der Waals surface area contributed by atoms with Crippen molar-refractivity contribution in [2.45, 2.75) is 17.6 Å². The fraction of sp³-hybridized carbons (Fsp3) is 0.600. The molecule has 0 saturated carbocycles. The Morgan fingerprint density at radius 2 is 1.95 bits per heavy atom. The molecule has 0 aliphatic rings. The first-order chi connectivity index (χ1) is 8.96. The summed E-state index contributed by atoms with van der Waals surface area (Å²) in [5.74, 6) is 0.265. The molecule has 0 spiro atoms. The van der Waals surface area contributed by atoms with Crippen molar-refractivity contribution in [2.75, 3.05) is 25.1 Å². The Morgan fingerprint density at radius 1 is 1.37 bits per heavy atom. The standard InChI is InChI=1S/C10H14Br2N4O3/c1-4-15(5-2)9-7(16(17)18)6(8(11)12)13-10(14-9)19-3/h8H,4-5H2,1-3H3. The van der Waals surface area contributed by atoms with Gasteiger partial charge >= 0.3 is 11.7 Å². The van der Waals surface area contributed by atoms with E-state index >= 15 is 0 Å². The molecule has 0 unspecified atom stereocenters. The molecule has 1 aromatic heterocycles. The van der Waals surface area contributed by atoms with Crippen molar-refractivity contribution in [3.8, 4) is 6.01 Å². The molecule has 0 amide bonds. The largest absolute Gasteiger partial charge is 0.467 e. The van der Waals surface area contributed by atoms with Gasteiger partial charge in [0, 0.05) is 13.1 Å². The molecule has 1 aromatic rings. The van der Waals surface area contributed by atoms with Crippen LogP contribution in [0.5, 0.6) is 6.01 Å². The highest BCUT2D eigenvalue weighted by molar-refractivity contribution is 9.24. The van der Waals surface area contributed by atoms with Crippen molar-refractivity contribution in [1.29, 1.82) is 0 Å². The van der Waals surface area contributed by atoms with E-state index in [2.05, 4.69) is 41.8 Å². The lowest BCUT2D eigenvalue weighted by atomic mass is 10.3. The van der Waals surface area contributed by atoms with E-state index in [1.807, 2.05) is 13.8 Å². The Morgan fingerprint density at radius 3 is 2.32 bits per heavy atom. The predicted molar refractivity (Wildman–Crippen MR) is 79.4 cm³/mol. The maximum atomic E-state index is 11.3. The molecule has 0 atom stereocenters. The van der Waals surface area contributed by atoms with E-state index in [1.54, 1.807) is 4.90 Å². The molecule has 9 heteroatoms. The number of ether oxygens (including phenoxy) is 1. The summed E-state index contributed by atoms with van der Waals surface area (Å²) in [5, 5.41) is 11.3. The molecule has 0 aliphatic heterocycles. The fourth-order valence-electron chi connectivity index (χ4n) is 1.60. The van der Waals surface area contributed by atoms with Crippen LogP contribution < -0.4 is 9.64 Å². The van der Waals surface area contributed by atoms with Crippen LogP contribution in [-0.4, -0.2) is 35.1 Å². The van der Waals surface area contributed by atoms with Crippen LogP contribution in [0.2, 0.25) is 0 Å². The van der Waals surface area contributed by atoms with E-state index < -0.39 is 8.66 Å². The molecule has 7 nitrogen and oxygen atoms in total. The number of aromatic nitrogens is 2. The van der Waals surface area contributed by atoms with E-state index in [0.29, 0.717) is 13.1 Å². The third-order valence-corrected chi connectivity index (χ3v) is 3.37. The quantitative estimate of drug-likeness (QED) is 0.417. The van der Waals surface area contributed by atoms with Crippen LogP contribution in [0.4, 0.5) is 11.5 Å². The second-order valence-electron chi connectivity index (χ2n) is 3.50. The van der Waals surface area contributed by atoms with Gasteiger partial charge < -0.3 is 9.64 Å². The Bertz CT molecular complexity index is 466. The summed E-state index contributed by atoms with van der Waals surface area (Å²) in [6.07, 6.45) is 0. The topological polar surface area (TPSA) is 81.4 Å². The third kappa shape index (κ3) is 3.53. The smallest absolute Gasteiger partial charge is 0.335 e. The second-order valence-corrected chi connectivity index (χ2v) is 6.56. The molecule has 1 rings (SSSR count). The predicted octanol–water partition coefficient (Wildman–Crippen LogP) is 3.03. The molecule has 0 bridgehead atoms. The van der Waals surface area contributed by atoms with Crippen molar-refractivity contribution < 1.29 is 9.66 Å². The molecule has 19 heavy (non-hydrogen) atoms. The summed E-state index contributed by atoms with van der Waals surface area (Å²) in [7, 11) is 1.43. The fourth-order valence-corrected chi connectivity index (χ4v) is 2.24. The molecular formula is C10H14Br2N4O3. The van der Waals surface area contributed by atoms with Gasteiger partial charge in [-0.2, -0.15) is 9.97 Å². The maximum Gasteiger partial charge on any atom is 0.335 e. The highest BCUT2D eigenvalue weighted by Crippen LogP contribution is 2.40. The lowest BCUT2D eigenvalue weighted by Gasteiger charge is -2.20. The van der Waals surface area contributed by atoms with Crippen LogP contribution in [0.15, 0.2) is 0 Å². The van der Waals surface area contributed by atoms with Crippen molar-refractivity contribution >= 4 is 43.4 Å². The van der Waals surface area contributed by atoms with Gasteiger partial charge in [-0.25, -0.2) is 0 Å². The highest BCUT2D eigenvalue weighted by Gasteiger charge is 2.30. The maximum absolute atomic E-state index is 11.3. The minimum atomic E-state index is -0.474. The summed E-state index contributed by atoms with van der Waals surface area (Å²) >= 11 is 6.48. The van der Waals surface area contributed by atoms with Crippen molar-refractivity contribution in [3.63, 3.8) is 0 Å². The monoisotopic (exact) mass is 396 g/mol. The summed E-state index contributed by atoms with van der Waals surface area (Å²) in [6, 6.07) is 0.103. The molecule has 0 fully saturated rings. The third-order valence-electron chi connectivity index (χ3n) is 2.51. The average molecular weight is 398 g/mol. The van der Waals surface area contributed by atoms with E-state index in [-0.39, 0.29) is 23.2 Å². The molecule has 0 radical (unpaired) electrons. The van der Waals surface area contributed by atoms with E-state index in [9.17, 15) is 10.1 Å². The van der Waals surface area contributed by atoms with E-state index in [4.69, 9.17) is 4.74 Å². The first-order valence-electron chi connectivity index (χ1n) is 5.59. The Balaban J connectivity index is 3.56. The zero-order valence-corrected chi connectivity index (χ0v) is 13.9. The number of hydrogen-bond donors (Lipinski definition) is 0. The van der Waals surface area contributed by atoms with Gasteiger partial charge in [-0.1, -0.05) is 31.9 Å². The highest BCUT2D eigenvalue weighted by atomic mass is 79.9. The number of nitro groups is 1. The van der Waals surface area contributed by atoms with Gasteiger partial charge in [-0.3, -0.25) is 10.1 Å². The number of rotatable bonds is 6. The Kier molecular flexibility index (Phi) is 5.92. The number of anilines is 1. The van der Waals surface area contributed by atoms with E-state index in [1.165, 1.54) is 7.11 Å². The van der Waals surface area contributed by atoms with Crippen LogP contribution in [0, 0.1) is 10.1 Å². The van der Waals surface area contributed by atoms with Crippen molar-refractivity contribution in [1.82, 2.24) is 9.97 Å². The van der Waals surface area contributed by atoms with Gasteiger partial charge in [0.25, 0.3) is 0 Å². The molecule has 1 heterocycles. The minimum Gasteiger partial charge on any atom is -0.467 e. The molecular weight excluding hydrogens is 384 g/mol. The SMILES string of the molecule is CCN(CC)c1nc(OC)nc(C(Br)Br)c1[N+](=O)[O-]. The van der Waals surface area contributed by atoms with Gasteiger partial charge in [0.1, 0.15) is 3.74 Å². The molecule has 0 aliphatic carbocycles. The molecule has 0 saturated heterocycles. The molecule has 0 aromatic carbocycles. The number of hydrogen-bond acceptors (Lipinski definition) is 6. The van der Waals surface area contributed by atoms with Gasteiger partial charge in [-0.15, -0.1) is 0 Å². The number of alkyl halides is 2. The zero-order valence-electron chi connectivity index (χ0n) is 10.8. The number of halogens is 2. The summed E-state index contributed by atoms with van der Waals surface area (Å²) in [4.78, 5) is 20.7. The normalized spacial score (nSPS) is 10.6. The number of nitrogens with zero attached hydrogens (tertiary/aromatic N) is 4. The minimum absolute atomic E-state index is 0.103.